The van der Waals surface area contributed by atoms with Gasteiger partial charge in [-0.05, 0) is 48.4 Å². The van der Waals surface area contributed by atoms with Crippen LogP contribution >= 0.6 is 0 Å². The van der Waals surface area contributed by atoms with Gasteiger partial charge in [-0.3, -0.25) is 5.32 Å². The molecule has 152 valence electrons. The zero-order valence-corrected chi connectivity index (χ0v) is 17.3. The minimum atomic E-state index is -0.394. The van der Waals surface area contributed by atoms with Crippen molar-refractivity contribution in [1.82, 2.24) is 9.78 Å². The maximum absolute atomic E-state index is 12.7. The number of aromatic nitrogens is 2. The number of carbonyl (C=O) groups is 1. The third-order valence-electron chi connectivity index (χ3n) is 5.01. The summed E-state index contributed by atoms with van der Waals surface area (Å²) in [6.45, 7) is 7.19. The topological polar surface area (TPSA) is 94.8 Å². The number of nitrogens with zero attached hydrogens (tertiary/aromatic N) is 3. The average Bonchev–Trinajstić information content (AvgIpc) is 3.34. The molecular weight excluding hydrogens is 376 g/mol. The molecule has 0 fully saturated rings. The number of anilines is 3. The van der Waals surface area contributed by atoms with Crippen LogP contribution in [0.1, 0.15) is 37.6 Å². The van der Waals surface area contributed by atoms with Crippen molar-refractivity contribution < 1.29 is 4.79 Å². The fraction of sp³-hybridized carbons (Fsp3) is 0.261. The van der Waals surface area contributed by atoms with Gasteiger partial charge >= 0.3 is 6.03 Å². The molecule has 1 aliphatic rings. The predicted molar refractivity (Wildman–Crippen MR) is 118 cm³/mol. The summed E-state index contributed by atoms with van der Waals surface area (Å²) in [6, 6.07) is 16.5. The van der Waals surface area contributed by atoms with Gasteiger partial charge in [0.25, 0.3) is 0 Å². The van der Waals surface area contributed by atoms with E-state index >= 15 is 0 Å². The van der Waals surface area contributed by atoms with E-state index in [2.05, 4.69) is 48.9 Å². The molecule has 3 aromatic rings. The van der Waals surface area contributed by atoms with E-state index in [1.165, 1.54) is 5.56 Å². The smallest absolute Gasteiger partial charge is 0.324 e. The summed E-state index contributed by atoms with van der Waals surface area (Å²) in [7, 11) is 0. The Labute approximate surface area is 175 Å². The van der Waals surface area contributed by atoms with Crippen molar-refractivity contribution in [3.63, 3.8) is 0 Å². The first-order valence-corrected chi connectivity index (χ1v) is 9.89. The zero-order chi connectivity index (χ0) is 21.3. The van der Waals surface area contributed by atoms with Crippen LogP contribution in [0.5, 0.6) is 0 Å². The minimum absolute atomic E-state index is 0.169. The van der Waals surface area contributed by atoms with E-state index in [0.29, 0.717) is 17.1 Å². The van der Waals surface area contributed by atoms with Crippen molar-refractivity contribution in [2.45, 2.75) is 32.6 Å². The number of amides is 2. The van der Waals surface area contributed by atoms with Crippen LogP contribution in [0.4, 0.5) is 22.0 Å². The van der Waals surface area contributed by atoms with Crippen molar-refractivity contribution in [3.8, 4) is 11.8 Å². The van der Waals surface area contributed by atoms with E-state index in [4.69, 9.17) is 10.4 Å². The quantitative estimate of drug-likeness (QED) is 0.596. The molecule has 0 saturated heterocycles. The van der Waals surface area contributed by atoms with Crippen LogP contribution in [-0.2, 0) is 11.8 Å². The highest BCUT2D eigenvalue weighted by molar-refractivity contribution is 5.99. The van der Waals surface area contributed by atoms with Crippen LogP contribution in [0.3, 0.4) is 0 Å². The highest BCUT2D eigenvalue weighted by atomic mass is 16.2. The van der Waals surface area contributed by atoms with Crippen LogP contribution in [0.15, 0.2) is 48.5 Å². The Morgan fingerprint density at radius 2 is 2.00 bits per heavy atom. The lowest BCUT2D eigenvalue weighted by atomic mass is 9.92. The third kappa shape index (κ3) is 3.98. The van der Waals surface area contributed by atoms with Crippen LogP contribution in [0, 0.1) is 11.3 Å². The molecule has 4 rings (SSSR count). The molecule has 7 nitrogen and oxygen atoms in total. The molecule has 1 aliphatic heterocycles. The fourth-order valence-electron chi connectivity index (χ4n) is 3.40. The van der Waals surface area contributed by atoms with Gasteiger partial charge in [-0.15, -0.1) is 0 Å². The van der Waals surface area contributed by atoms with Crippen LogP contribution in [0.25, 0.3) is 5.69 Å². The average molecular weight is 400 g/mol. The molecule has 0 spiro atoms. The van der Waals surface area contributed by atoms with Gasteiger partial charge in [0.15, 0.2) is 0 Å². The zero-order valence-electron chi connectivity index (χ0n) is 17.3. The Hall–Kier alpha value is -3.79. The molecule has 3 N–H and O–H groups in total. The third-order valence-corrected chi connectivity index (χ3v) is 5.01. The van der Waals surface area contributed by atoms with Gasteiger partial charge in [0, 0.05) is 29.4 Å². The van der Waals surface area contributed by atoms with E-state index in [1.54, 1.807) is 28.9 Å². The van der Waals surface area contributed by atoms with Crippen LogP contribution < -0.4 is 16.0 Å². The highest BCUT2D eigenvalue weighted by Crippen LogP contribution is 2.29. The molecule has 0 bridgehead atoms. The predicted octanol–water partition coefficient (Wildman–Crippen LogP) is 4.65. The number of hydrogen-bond donors (Lipinski definition) is 3. The maximum atomic E-state index is 12.7. The Kier molecular flexibility index (Phi) is 4.92. The number of nitrogens with one attached hydrogen (secondary N) is 3. The van der Waals surface area contributed by atoms with E-state index in [-0.39, 0.29) is 5.41 Å². The molecule has 7 heteroatoms. The summed E-state index contributed by atoms with van der Waals surface area (Å²) >= 11 is 0. The van der Waals surface area contributed by atoms with Gasteiger partial charge in [-0.2, -0.15) is 10.4 Å². The molecule has 0 radical (unpaired) electrons. The van der Waals surface area contributed by atoms with E-state index in [1.807, 2.05) is 18.2 Å². The first-order chi connectivity index (χ1) is 14.3. The number of rotatable bonds is 3. The molecule has 2 aromatic carbocycles. The molecule has 0 saturated carbocycles. The van der Waals surface area contributed by atoms with Crippen LogP contribution in [-0.4, -0.2) is 22.4 Å². The second-order valence-electron chi connectivity index (χ2n) is 8.37. The van der Waals surface area contributed by atoms with Gasteiger partial charge in [0.1, 0.15) is 5.82 Å². The van der Waals surface area contributed by atoms with E-state index in [0.717, 1.165) is 30.0 Å². The van der Waals surface area contributed by atoms with Crippen molar-refractivity contribution in [3.05, 3.63) is 65.4 Å². The van der Waals surface area contributed by atoms with Gasteiger partial charge in [-0.25, -0.2) is 9.48 Å². The van der Waals surface area contributed by atoms with Crippen molar-refractivity contribution in [2.24, 2.45) is 0 Å². The summed E-state index contributed by atoms with van der Waals surface area (Å²) in [5.74, 6) is 0.583. The summed E-state index contributed by atoms with van der Waals surface area (Å²) in [5.41, 5.74) is 5.03. The summed E-state index contributed by atoms with van der Waals surface area (Å²) < 4.78 is 1.77. The second-order valence-corrected chi connectivity index (χ2v) is 8.37. The molecule has 30 heavy (non-hydrogen) atoms. The normalized spacial score (nSPS) is 12.6. The molecular formula is C23H24N6O. The van der Waals surface area contributed by atoms with Gasteiger partial charge < -0.3 is 10.6 Å². The van der Waals surface area contributed by atoms with Crippen LogP contribution in [0.2, 0.25) is 0 Å². The summed E-state index contributed by atoms with van der Waals surface area (Å²) in [4.78, 5) is 12.7. The molecule has 0 unspecified atom stereocenters. The van der Waals surface area contributed by atoms with Gasteiger partial charge in [0.2, 0.25) is 0 Å². The number of nitriles is 1. The van der Waals surface area contributed by atoms with E-state index < -0.39 is 6.03 Å². The lowest BCUT2D eigenvalue weighted by Gasteiger charge is -2.14. The molecule has 1 aromatic heterocycles. The van der Waals surface area contributed by atoms with E-state index in [9.17, 15) is 4.79 Å². The first kappa shape index (κ1) is 19.5. The Balaban J connectivity index is 1.64. The Bertz CT molecular complexity index is 1150. The molecule has 2 heterocycles. The molecule has 0 aliphatic carbocycles. The number of carbonyl (C=O) groups excluding carboxylic acids is 1. The standard InChI is InChI=1S/C23H24N6O/c1-23(2,3)20-13-21(27-22(30)26-17-6-4-5-15(11-17)14-24)29(28-20)18-7-8-19-16(12-18)9-10-25-19/h4-8,11-13,25H,9-10H2,1-3H3,(H2,26,27,30). The largest absolute Gasteiger partial charge is 0.384 e. The SMILES string of the molecule is CC(C)(C)c1cc(NC(=O)Nc2cccc(C#N)c2)n(-c2ccc3c(c2)CCN3)n1. The van der Waals surface area contributed by atoms with Gasteiger partial charge in [0.05, 0.1) is 23.0 Å². The lowest BCUT2D eigenvalue weighted by Crippen LogP contribution is -2.21. The fourth-order valence-corrected chi connectivity index (χ4v) is 3.40. The second kappa shape index (κ2) is 7.56. The number of fused-ring (bicyclic) bond motifs is 1. The number of hydrogen-bond acceptors (Lipinski definition) is 4. The first-order valence-electron chi connectivity index (χ1n) is 9.89. The highest BCUT2D eigenvalue weighted by Gasteiger charge is 2.22. The Morgan fingerprint density at radius 1 is 1.17 bits per heavy atom. The number of urea groups is 1. The summed E-state index contributed by atoms with van der Waals surface area (Å²) in [6.07, 6.45) is 0.967. The monoisotopic (exact) mass is 400 g/mol. The molecule has 0 atom stereocenters. The Morgan fingerprint density at radius 3 is 2.77 bits per heavy atom. The number of benzene rings is 2. The summed E-state index contributed by atoms with van der Waals surface area (Å²) in [5, 5.41) is 22.9. The maximum Gasteiger partial charge on any atom is 0.324 e. The van der Waals surface area contributed by atoms with Crippen molar-refractivity contribution >= 4 is 23.2 Å². The lowest BCUT2D eigenvalue weighted by molar-refractivity contribution is 0.262. The molecule has 2 amide bonds. The minimum Gasteiger partial charge on any atom is -0.384 e. The van der Waals surface area contributed by atoms with Gasteiger partial charge in [-0.1, -0.05) is 26.8 Å². The van der Waals surface area contributed by atoms with Crippen molar-refractivity contribution in [1.29, 1.82) is 5.26 Å². The van der Waals surface area contributed by atoms with Crippen molar-refractivity contribution in [2.75, 3.05) is 22.5 Å².